The van der Waals surface area contributed by atoms with Crippen LogP contribution in [0.1, 0.15) is 25.7 Å². The van der Waals surface area contributed by atoms with Crippen LogP contribution in [0, 0.1) is 11.3 Å². The van der Waals surface area contributed by atoms with Crippen molar-refractivity contribution in [3.8, 4) is 0 Å². The molecule has 2 fully saturated rings. The van der Waals surface area contributed by atoms with E-state index in [4.69, 9.17) is 4.74 Å². The first-order valence-corrected chi connectivity index (χ1v) is 5.63. The lowest BCUT2D eigenvalue weighted by molar-refractivity contribution is 0.145. The van der Waals surface area contributed by atoms with E-state index in [0.29, 0.717) is 12.6 Å². The molecular weight excluding hydrogens is 178 g/mol. The molecule has 0 spiro atoms. The summed E-state index contributed by atoms with van der Waals surface area (Å²) in [5, 5.41) is 12.7. The monoisotopic (exact) mass is 199 g/mol. The second kappa shape index (κ2) is 4.17. The summed E-state index contributed by atoms with van der Waals surface area (Å²) in [6, 6.07) is 0.518. The molecule has 3 heteroatoms. The Morgan fingerprint density at radius 2 is 2.21 bits per heavy atom. The van der Waals surface area contributed by atoms with Crippen LogP contribution >= 0.6 is 0 Å². The van der Waals surface area contributed by atoms with Crippen molar-refractivity contribution in [2.45, 2.75) is 31.7 Å². The fourth-order valence-electron chi connectivity index (χ4n) is 1.95. The van der Waals surface area contributed by atoms with Crippen molar-refractivity contribution in [1.82, 2.24) is 5.32 Å². The van der Waals surface area contributed by atoms with Gasteiger partial charge in [0, 0.05) is 31.7 Å². The average molecular weight is 199 g/mol. The Morgan fingerprint density at radius 3 is 2.64 bits per heavy atom. The smallest absolute Gasteiger partial charge is 0.0618 e. The summed E-state index contributed by atoms with van der Waals surface area (Å²) in [5.74, 6) is 0.824. The summed E-state index contributed by atoms with van der Waals surface area (Å²) >= 11 is 0. The van der Waals surface area contributed by atoms with Gasteiger partial charge in [-0.1, -0.05) is 0 Å². The van der Waals surface area contributed by atoms with E-state index in [0.717, 1.165) is 19.1 Å². The van der Waals surface area contributed by atoms with E-state index in [1.807, 2.05) is 0 Å². The van der Waals surface area contributed by atoms with Crippen LogP contribution in [0.5, 0.6) is 0 Å². The minimum absolute atomic E-state index is 0.223. The average Bonchev–Trinajstić information content (AvgIpc) is 3.05. The molecule has 14 heavy (non-hydrogen) atoms. The molecule has 0 amide bonds. The Bertz CT molecular complexity index is 188. The van der Waals surface area contributed by atoms with Gasteiger partial charge in [0.2, 0.25) is 0 Å². The van der Waals surface area contributed by atoms with Gasteiger partial charge in [0.25, 0.3) is 0 Å². The Morgan fingerprint density at radius 1 is 1.50 bits per heavy atom. The molecule has 3 nitrogen and oxygen atoms in total. The number of aliphatic hydroxyl groups is 1. The van der Waals surface area contributed by atoms with Gasteiger partial charge < -0.3 is 15.2 Å². The largest absolute Gasteiger partial charge is 0.396 e. The summed E-state index contributed by atoms with van der Waals surface area (Å²) in [4.78, 5) is 0. The minimum Gasteiger partial charge on any atom is -0.396 e. The second-order valence-corrected chi connectivity index (χ2v) is 4.94. The van der Waals surface area contributed by atoms with Crippen LogP contribution in [-0.2, 0) is 4.74 Å². The Hall–Kier alpha value is -0.120. The molecule has 0 aromatic heterocycles. The van der Waals surface area contributed by atoms with Crippen molar-refractivity contribution in [1.29, 1.82) is 0 Å². The number of aliphatic hydroxyl groups excluding tert-OH is 1. The Labute approximate surface area is 85.8 Å². The number of nitrogens with one attached hydrogen (secondary N) is 1. The van der Waals surface area contributed by atoms with Crippen LogP contribution in [0.3, 0.4) is 0 Å². The molecule has 0 aliphatic heterocycles. The van der Waals surface area contributed by atoms with Crippen LogP contribution < -0.4 is 5.32 Å². The van der Waals surface area contributed by atoms with Gasteiger partial charge in [-0.05, 0) is 31.6 Å². The van der Waals surface area contributed by atoms with Crippen molar-refractivity contribution in [3.63, 3.8) is 0 Å². The first kappa shape index (κ1) is 10.4. The highest BCUT2D eigenvalue weighted by Crippen LogP contribution is 2.44. The molecule has 2 N–H and O–H groups in total. The highest BCUT2D eigenvalue weighted by Gasteiger charge is 2.43. The lowest BCUT2D eigenvalue weighted by Crippen LogP contribution is -2.39. The van der Waals surface area contributed by atoms with E-state index < -0.39 is 0 Å². The van der Waals surface area contributed by atoms with Crippen molar-refractivity contribution in [2.75, 3.05) is 26.9 Å². The third-order valence-electron chi connectivity index (χ3n) is 3.57. The van der Waals surface area contributed by atoms with Gasteiger partial charge in [-0.2, -0.15) is 0 Å². The van der Waals surface area contributed by atoms with Gasteiger partial charge in [0.1, 0.15) is 0 Å². The maximum atomic E-state index is 9.18. The van der Waals surface area contributed by atoms with Gasteiger partial charge in [0.15, 0.2) is 0 Å². The van der Waals surface area contributed by atoms with Crippen LogP contribution in [-0.4, -0.2) is 38.0 Å². The molecule has 0 aromatic carbocycles. The van der Waals surface area contributed by atoms with E-state index in [1.165, 1.54) is 25.7 Å². The molecule has 2 aliphatic carbocycles. The van der Waals surface area contributed by atoms with E-state index in [9.17, 15) is 5.11 Å². The topological polar surface area (TPSA) is 41.5 Å². The predicted octanol–water partition coefficient (Wildman–Crippen LogP) is 0.773. The van der Waals surface area contributed by atoms with E-state index in [-0.39, 0.29) is 5.41 Å². The highest BCUT2D eigenvalue weighted by molar-refractivity contribution is 4.96. The molecule has 0 aromatic rings. The summed E-state index contributed by atoms with van der Waals surface area (Å²) in [7, 11) is 1.76. The fraction of sp³-hybridized carbons (Fsp3) is 1.00. The molecule has 82 valence electrons. The summed E-state index contributed by atoms with van der Waals surface area (Å²) in [6.45, 7) is 2.12. The van der Waals surface area contributed by atoms with Crippen molar-refractivity contribution in [2.24, 2.45) is 11.3 Å². The number of hydrogen-bond donors (Lipinski definition) is 2. The van der Waals surface area contributed by atoms with Gasteiger partial charge in [-0.15, -0.1) is 0 Å². The molecule has 0 heterocycles. The summed E-state index contributed by atoms with van der Waals surface area (Å²) < 4.78 is 5.20. The minimum atomic E-state index is 0.223. The number of hydrogen-bond acceptors (Lipinski definition) is 3. The standard InChI is InChI=1S/C11H21NO2/c1-14-6-10(9-2-3-9)12-7-11(8-13)4-5-11/h9-10,12-13H,2-8H2,1H3. The maximum Gasteiger partial charge on any atom is 0.0618 e. The second-order valence-electron chi connectivity index (χ2n) is 4.94. The molecule has 2 saturated carbocycles. The van der Waals surface area contributed by atoms with Crippen molar-refractivity contribution in [3.05, 3.63) is 0 Å². The molecule has 0 bridgehead atoms. The number of rotatable bonds is 7. The number of ether oxygens (including phenoxy) is 1. The van der Waals surface area contributed by atoms with Crippen LogP contribution in [0.15, 0.2) is 0 Å². The normalized spacial score (nSPS) is 26.1. The van der Waals surface area contributed by atoms with Crippen LogP contribution in [0.4, 0.5) is 0 Å². The van der Waals surface area contributed by atoms with Crippen LogP contribution in [0.25, 0.3) is 0 Å². The molecular formula is C11H21NO2. The highest BCUT2D eigenvalue weighted by atomic mass is 16.5. The maximum absolute atomic E-state index is 9.18. The first-order chi connectivity index (χ1) is 6.79. The SMILES string of the molecule is COCC(NCC1(CO)CC1)C1CC1. The Balaban J connectivity index is 1.71. The third-order valence-corrected chi connectivity index (χ3v) is 3.57. The summed E-state index contributed by atoms with van der Waals surface area (Å²) in [6.07, 6.45) is 5.04. The molecule has 0 saturated heterocycles. The zero-order valence-electron chi connectivity index (χ0n) is 8.96. The van der Waals surface area contributed by atoms with Gasteiger partial charge in [-0.3, -0.25) is 0 Å². The molecule has 2 aliphatic rings. The lowest BCUT2D eigenvalue weighted by Gasteiger charge is -2.20. The van der Waals surface area contributed by atoms with E-state index >= 15 is 0 Å². The molecule has 2 rings (SSSR count). The van der Waals surface area contributed by atoms with Crippen molar-refractivity contribution >= 4 is 0 Å². The third kappa shape index (κ3) is 2.47. The quantitative estimate of drug-likeness (QED) is 0.636. The van der Waals surface area contributed by atoms with E-state index in [2.05, 4.69) is 5.32 Å². The molecule has 0 radical (unpaired) electrons. The zero-order chi connectivity index (χ0) is 10.0. The Kier molecular flexibility index (Phi) is 3.10. The zero-order valence-corrected chi connectivity index (χ0v) is 8.96. The van der Waals surface area contributed by atoms with Gasteiger partial charge in [-0.25, -0.2) is 0 Å². The molecule has 1 atom stereocenters. The fourth-order valence-corrected chi connectivity index (χ4v) is 1.95. The summed E-state index contributed by atoms with van der Waals surface area (Å²) in [5.41, 5.74) is 0.223. The first-order valence-electron chi connectivity index (χ1n) is 5.63. The van der Waals surface area contributed by atoms with Crippen LogP contribution in [0.2, 0.25) is 0 Å². The molecule has 1 unspecified atom stereocenters. The van der Waals surface area contributed by atoms with Gasteiger partial charge >= 0.3 is 0 Å². The van der Waals surface area contributed by atoms with Crippen molar-refractivity contribution < 1.29 is 9.84 Å². The lowest BCUT2D eigenvalue weighted by atomic mass is 10.1. The van der Waals surface area contributed by atoms with E-state index in [1.54, 1.807) is 7.11 Å². The predicted molar refractivity (Wildman–Crippen MR) is 55.1 cm³/mol. The number of methoxy groups -OCH3 is 1. The van der Waals surface area contributed by atoms with Gasteiger partial charge in [0.05, 0.1) is 6.61 Å².